The lowest BCUT2D eigenvalue weighted by atomic mass is 10.0. The Bertz CT molecular complexity index is 1050. The van der Waals surface area contributed by atoms with Crippen LogP contribution in [-0.4, -0.2) is 11.3 Å². The number of halogens is 3. The van der Waals surface area contributed by atoms with Crippen LogP contribution in [0.2, 0.25) is 0 Å². The van der Waals surface area contributed by atoms with Gasteiger partial charge in [0.05, 0.1) is 5.52 Å². The van der Waals surface area contributed by atoms with Gasteiger partial charge in [0.1, 0.15) is 17.2 Å². The molecule has 3 rings (SSSR count). The quantitative estimate of drug-likeness (QED) is 0.611. The molecule has 148 valence electrons. The van der Waals surface area contributed by atoms with Crippen LogP contribution in [-0.2, 0) is 12.8 Å². The predicted octanol–water partition coefficient (Wildman–Crippen LogP) is 5.65. The zero-order valence-electron chi connectivity index (χ0n) is 15.7. The Morgan fingerprint density at radius 3 is 2.21 bits per heavy atom. The van der Waals surface area contributed by atoms with Gasteiger partial charge in [-0.1, -0.05) is 13.8 Å². The molecule has 0 saturated heterocycles. The van der Waals surface area contributed by atoms with E-state index in [-0.39, 0.29) is 11.2 Å². The number of alkyl halides is 3. The van der Waals surface area contributed by atoms with E-state index in [4.69, 9.17) is 4.74 Å². The van der Waals surface area contributed by atoms with E-state index >= 15 is 0 Å². The van der Waals surface area contributed by atoms with Gasteiger partial charge in [0, 0.05) is 16.6 Å². The number of aromatic nitrogens is 1. The second-order valence-corrected chi connectivity index (χ2v) is 6.39. The van der Waals surface area contributed by atoms with Gasteiger partial charge >= 0.3 is 6.36 Å². The number of nitrogens with one attached hydrogen (secondary N) is 1. The summed E-state index contributed by atoms with van der Waals surface area (Å²) in [4.78, 5) is 16.0. The van der Waals surface area contributed by atoms with Crippen molar-refractivity contribution in [1.82, 2.24) is 4.98 Å². The van der Waals surface area contributed by atoms with Crippen LogP contribution in [0, 0.1) is 6.92 Å². The monoisotopic (exact) mass is 391 g/mol. The average Bonchev–Trinajstić information content (AvgIpc) is 2.65. The van der Waals surface area contributed by atoms with Crippen molar-refractivity contribution in [2.45, 2.75) is 40.0 Å². The fourth-order valence-corrected chi connectivity index (χ4v) is 3.07. The van der Waals surface area contributed by atoms with Crippen LogP contribution >= 0.6 is 0 Å². The van der Waals surface area contributed by atoms with E-state index in [1.807, 2.05) is 19.9 Å². The molecule has 2 aromatic carbocycles. The van der Waals surface area contributed by atoms with Crippen molar-refractivity contribution in [2.75, 3.05) is 0 Å². The third kappa shape index (κ3) is 4.13. The summed E-state index contributed by atoms with van der Waals surface area (Å²) in [5.41, 5.74) is 3.12. The van der Waals surface area contributed by atoms with Crippen LogP contribution in [0.5, 0.6) is 17.2 Å². The Kier molecular flexibility index (Phi) is 5.36. The van der Waals surface area contributed by atoms with Crippen LogP contribution < -0.4 is 14.9 Å². The molecule has 1 heterocycles. The highest BCUT2D eigenvalue weighted by molar-refractivity contribution is 5.82. The van der Waals surface area contributed by atoms with E-state index in [2.05, 4.69) is 9.72 Å². The minimum Gasteiger partial charge on any atom is -0.457 e. The standard InChI is InChI=1S/C21H20F3NO3/c1-4-13-10-18-16(20(26)12(3)17(5-2)25-18)11-19(13)27-14-6-8-15(9-7-14)28-21(22,23)24/h6-11H,4-5H2,1-3H3,(H,25,26). The molecule has 0 aliphatic carbocycles. The molecule has 0 spiro atoms. The molecule has 0 amide bonds. The molecule has 0 atom stereocenters. The summed E-state index contributed by atoms with van der Waals surface area (Å²) in [7, 11) is 0. The number of aryl methyl sites for hydroxylation is 2. The molecule has 0 unspecified atom stereocenters. The van der Waals surface area contributed by atoms with Gasteiger partial charge < -0.3 is 14.5 Å². The lowest BCUT2D eigenvalue weighted by Gasteiger charge is -2.14. The number of pyridine rings is 1. The minimum atomic E-state index is -4.74. The number of ether oxygens (including phenoxy) is 2. The zero-order valence-corrected chi connectivity index (χ0v) is 15.7. The lowest BCUT2D eigenvalue weighted by molar-refractivity contribution is -0.274. The van der Waals surface area contributed by atoms with E-state index in [0.717, 1.165) is 23.2 Å². The second kappa shape index (κ2) is 7.58. The molecular formula is C21H20F3NO3. The summed E-state index contributed by atoms with van der Waals surface area (Å²) >= 11 is 0. The van der Waals surface area contributed by atoms with E-state index in [1.165, 1.54) is 24.3 Å². The first-order valence-electron chi connectivity index (χ1n) is 8.93. The summed E-state index contributed by atoms with van der Waals surface area (Å²) in [6, 6.07) is 8.70. The highest BCUT2D eigenvalue weighted by Gasteiger charge is 2.31. The van der Waals surface area contributed by atoms with Gasteiger partial charge in [0.25, 0.3) is 0 Å². The summed E-state index contributed by atoms with van der Waals surface area (Å²) < 4.78 is 46.5. The largest absolute Gasteiger partial charge is 0.573 e. The Labute approximate surface area is 159 Å². The van der Waals surface area contributed by atoms with Gasteiger partial charge in [-0.25, -0.2) is 0 Å². The Morgan fingerprint density at radius 2 is 1.64 bits per heavy atom. The van der Waals surface area contributed by atoms with E-state index in [1.54, 1.807) is 13.0 Å². The fourth-order valence-electron chi connectivity index (χ4n) is 3.07. The molecule has 4 nitrogen and oxygen atoms in total. The predicted molar refractivity (Wildman–Crippen MR) is 101 cm³/mol. The van der Waals surface area contributed by atoms with Crippen LogP contribution in [0.1, 0.15) is 30.7 Å². The summed E-state index contributed by atoms with van der Waals surface area (Å²) in [6.07, 6.45) is -3.35. The number of fused-ring (bicyclic) bond motifs is 1. The van der Waals surface area contributed by atoms with Crippen LogP contribution in [0.15, 0.2) is 41.2 Å². The summed E-state index contributed by atoms with van der Waals surface area (Å²) in [5, 5.41) is 0.513. The van der Waals surface area contributed by atoms with Crippen molar-refractivity contribution in [3.63, 3.8) is 0 Å². The molecular weight excluding hydrogens is 371 g/mol. The molecule has 1 N–H and O–H groups in total. The van der Waals surface area contributed by atoms with E-state index < -0.39 is 6.36 Å². The number of aromatic amines is 1. The number of hydrogen-bond donors (Lipinski definition) is 1. The number of H-pyrrole nitrogens is 1. The Hall–Kier alpha value is -2.96. The molecule has 0 radical (unpaired) electrons. The first-order chi connectivity index (χ1) is 13.2. The van der Waals surface area contributed by atoms with Gasteiger partial charge in [-0.15, -0.1) is 13.2 Å². The number of rotatable bonds is 5. The third-order valence-electron chi connectivity index (χ3n) is 4.54. The Balaban J connectivity index is 1.98. The van der Waals surface area contributed by atoms with Crippen molar-refractivity contribution in [3.8, 4) is 17.2 Å². The smallest absolute Gasteiger partial charge is 0.457 e. The molecule has 1 aromatic heterocycles. The van der Waals surface area contributed by atoms with Crippen molar-refractivity contribution < 1.29 is 22.6 Å². The molecule has 0 aliphatic heterocycles. The lowest BCUT2D eigenvalue weighted by Crippen LogP contribution is -2.16. The SMILES string of the molecule is CCc1cc2[nH]c(CC)c(C)c(=O)c2cc1Oc1ccc(OC(F)(F)F)cc1. The highest BCUT2D eigenvalue weighted by Crippen LogP contribution is 2.31. The molecule has 3 aromatic rings. The Morgan fingerprint density at radius 1 is 1.00 bits per heavy atom. The molecule has 0 fully saturated rings. The third-order valence-corrected chi connectivity index (χ3v) is 4.54. The highest BCUT2D eigenvalue weighted by atomic mass is 19.4. The number of benzene rings is 2. The molecule has 0 aliphatic rings. The average molecular weight is 391 g/mol. The van der Waals surface area contributed by atoms with Crippen LogP contribution in [0.25, 0.3) is 10.9 Å². The maximum absolute atomic E-state index is 12.7. The van der Waals surface area contributed by atoms with Gasteiger partial charge in [0.2, 0.25) is 0 Å². The van der Waals surface area contributed by atoms with Crippen molar-refractivity contribution >= 4 is 10.9 Å². The van der Waals surface area contributed by atoms with Gasteiger partial charge in [-0.05, 0) is 61.7 Å². The fraction of sp³-hybridized carbons (Fsp3) is 0.286. The van der Waals surface area contributed by atoms with Crippen LogP contribution in [0.3, 0.4) is 0 Å². The first-order valence-corrected chi connectivity index (χ1v) is 8.93. The van der Waals surface area contributed by atoms with Gasteiger partial charge in [0.15, 0.2) is 5.43 Å². The van der Waals surface area contributed by atoms with Gasteiger partial charge in [-0.2, -0.15) is 0 Å². The van der Waals surface area contributed by atoms with Gasteiger partial charge in [-0.3, -0.25) is 4.79 Å². The zero-order chi connectivity index (χ0) is 20.5. The molecule has 0 bridgehead atoms. The van der Waals surface area contributed by atoms with Crippen molar-refractivity contribution in [3.05, 3.63) is 63.4 Å². The van der Waals surface area contributed by atoms with Crippen molar-refractivity contribution in [2.24, 2.45) is 0 Å². The topological polar surface area (TPSA) is 51.3 Å². The van der Waals surface area contributed by atoms with E-state index in [0.29, 0.717) is 28.9 Å². The normalized spacial score (nSPS) is 11.6. The first kappa shape index (κ1) is 19.8. The second-order valence-electron chi connectivity index (χ2n) is 6.39. The van der Waals surface area contributed by atoms with Crippen LogP contribution in [0.4, 0.5) is 13.2 Å². The molecule has 28 heavy (non-hydrogen) atoms. The number of hydrogen-bond acceptors (Lipinski definition) is 3. The van der Waals surface area contributed by atoms with E-state index in [9.17, 15) is 18.0 Å². The molecule has 0 saturated carbocycles. The maximum Gasteiger partial charge on any atom is 0.573 e. The maximum atomic E-state index is 12.7. The summed E-state index contributed by atoms with van der Waals surface area (Å²) in [6.45, 7) is 5.72. The van der Waals surface area contributed by atoms with Crippen molar-refractivity contribution in [1.29, 1.82) is 0 Å². The minimum absolute atomic E-state index is 0.0629. The summed E-state index contributed by atoms with van der Waals surface area (Å²) in [5.74, 6) is 0.517. The molecule has 7 heteroatoms.